The van der Waals surface area contributed by atoms with Crippen molar-refractivity contribution in [1.29, 1.82) is 0 Å². The first-order valence-electron chi connectivity index (χ1n) is 7.45. The van der Waals surface area contributed by atoms with E-state index >= 15 is 0 Å². The summed E-state index contributed by atoms with van der Waals surface area (Å²) >= 11 is 0. The molecule has 2 fully saturated rings. The van der Waals surface area contributed by atoms with Crippen LogP contribution in [0, 0.1) is 0 Å². The second-order valence-electron chi connectivity index (χ2n) is 5.42. The van der Waals surface area contributed by atoms with Crippen LogP contribution in [0.4, 0.5) is 19.2 Å². The van der Waals surface area contributed by atoms with E-state index in [-0.39, 0.29) is 13.1 Å². The molecule has 0 saturated carbocycles. The van der Waals surface area contributed by atoms with Gasteiger partial charge in [0.05, 0.1) is 6.67 Å². The summed E-state index contributed by atoms with van der Waals surface area (Å²) in [6.07, 6.45) is 0. The van der Waals surface area contributed by atoms with Gasteiger partial charge in [0.2, 0.25) is 13.5 Å². The summed E-state index contributed by atoms with van der Waals surface area (Å²) in [6, 6.07) is -4.01. The predicted octanol–water partition coefficient (Wildman–Crippen LogP) is -4.59. The number of nitrogens with zero attached hydrogens (tertiary/aromatic N) is 2. The Bertz CT molecular complexity index is 618. The van der Waals surface area contributed by atoms with E-state index in [0.29, 0.717) is 0 Å². The maximum atomic E-state index is 11.8. The van der Waals surface area contributed by atoms with E-state index in [1.54, 1.807) is 0 Å². The van der Waals surface area contributed by atoms with Gasteiger partial charge in [-0.2, -0.15) is 10.9 Å². The summed E-state index contributed by atoms with van der Waals surface area (Å²) in [5, 5.41) is 27.0. The van der Waals surface area contributed by atoms with Crippen molar-refractivity contribution in [3.63, 3.8) is 0 Å². The SMILES string of the molecule is O=C(NCNC(=O)N[N+]1(CO)C(=O)CNC1=O)N[N+]1(CO)C(=O)CNC1=O. The third kappa shape index (κ3) is 3.49. The third-order valence-corrected chi connectivity index (χ3v) is 3.83. The van der Waals surface area contributed by atoms with Gasteiger partial charge in [-0.1, -0.05) is 9.18 Å². The van der Waals surface area contributed by atoms with Gasteiger partial charge in [0.1, 0.15) is 13.1 Å². The number of rotatable bonds is 6. The van der Waals surface area contributed by atoms with Crippen LogP contribution in [0.25, 0.3) is 0 Å². The normalized spacial score (nSPS) is 27.0. The molecule has 0 aliphatic carbocycles. The lowest BCUT2D eigenvalue weighted by atomic mass is 10.6. The van der Waals surface area contributed by atoms with Crippen LogP contribution >= 0.6 is 0 Å². The molecule has 2 heterocycles. The van der Waals surface area contributed by atoms with E-state index in [2.05, 4.69) is 21.3 Å². The third-order valence-electron chi connectivity index (χ3n) is 3.83. The monoisotopic (exact) mass is 390 g/mol. The lowest BCUT2D eigenvalue weighted by Gasteiger charge is -2.24. The number of nitrogens with one attached hydrogen (secondary N) is 6. The zero-order valence-electron chi connectivity index (χ0n) is 13.8. The highest BCUT2D eigenvalue weighted by atomic mass is 16.3. The van der Waals surface area contributed by atoms with Crippen molar-refractivity contribution in [3.8, 4) is 0 Å². The van der Waals surface area contributed by atoms with Gasteiger partial charge in [-0.05, 0) is 0 Å². The zero-order valence-corrected chi connectivity index (χ0v) is 13.8. The molecule has 148 valence electrons. The van der Waals surface area contributed by atoms with Crippen LogP contribution in [0.15, 0.2) is 0 Å². The number of carbonyl (C=O) groups excluding carboxylic acids is 6. The van der Waals surface area contributed by atoms with E-state index in [1.165, 1.54) is 0 Å². The molecular formula is C11H18N8O8+2. The van der Waals surface area contributed by atoms with Gasteiger partial charge >= 0.3 is 35.9 Å². The van der Waals surface area contributed by atoms with Crippen molar-refractivity contribution in [1.82, 2.24) is 32.1 Å². The minimum Gasteiger partial charge on any atom is -0.345 e. The van der Waals surface area contributed by atoms with Crippen LogP contribution in [0.2, 0.25) is 0 Å². The molecule has 2 rings (SSSR count). The molecule has 8 N–H and O–H groups in total. The molecule has 16 nitrogen and oxygen atoms in total. The van der Waals surface area contributed by atoms with Gasteiger partial charge < -0.3 is 20.8 Å². The second kappa shape index (κ2) is 7.50. The Hall–Kier alpha value is -3.34. The van der Waals surface area contributed by atoms with Crippen LogP contribution in [0.5, 0.6) is 0 Å². The van der Waals surface area contributed by atoms with Gasteiger partial charge in [0, 0.05) is 0 Å². The zero-order chi connectivity index (χ0) is 20.2. The Morgan fingerprint density at radius 2 is 1.19 bits per heavy atom. The summed E-state index contributed by atoms with van der Waals surface area (Å²) in [7, 11) is 0. The van der Waals surface area contributed by atoms with E-state index < -0.39 is 65.3 Å². The molecule has 0 aromatic rings. The number of aliphatic hydroxyl groups excluding tert-OH is 2. The summed E-state index contributed by atoms with van der Waals surface area (Å²) in [6.45, 7) is -3.32. The maximum Gasteiger partial charge on any atom is 0.451 e. The molecule has 2 aliphatic heterocycles. The Morgan fingerprint density at radius 1 is 0.815 bits per heavy atom. The molecule has 0 radical (unpaired) electrons. The first-order valence-corrected chi connectivity index (χ1v) is 7.45. The first kappa shape index (κ1) is 20.0. The number of quaternary nitrogens is 2. The molecule has 0 bridgehead atoms. The molecule has 2 unspecified atom stereocenters. The van der Waals surface area contributed by atoms with E-state index in [1.807, 2.05) is 10.9 Å². The molecule has 2 atom stereocenters. The highest BCUT2D eigenvalue weighted by Crippen LogP contribution is 2.09. The average molecular weight is 390 g/mol. The fourth-order valence-corrected chi connectivity index (χ4v) is 2.28. The Kier molecular flexibility index (Phi) is 5.55. The number of aliphatic hydroxyl groups is 2. The fraction of sp³-hybridized carbons (Fsp3) is 0.455. The van der Waals surface area contributed by atoms with Crippen molar-refractivity contribution in [3.05, 3.63) is 0 Å². The maximum absolute atomic E-state index is 11.8. The summed E-state index contributed by atoms with van der Waals surface area (Å²) in [5.74, 6) is -1.59. The van der Waals surface area contributed by atoms with E-state index in [0.717, 1.165) is 0 Å². The summed E-state index contributed by atoms with van der Waals surface area (Å²) in [4.78, 5) is 70.2. The molecule has 2 saturated heterocycles. The highest BCUT2D eigenvalue weighted by Gasteiger charge is 2.53. The largest absolute Gasteiger partial charge is 0.451 e. The molecular weight excluding hydrogens is 372 g/mol. The van der Waals surface area contributed by atoms with Crippen LogP contribution in [0.1, 0.15) is 0 Å². The molecule has 10 amide bonds. The van der Waals surface area contributed by atoms with Crippen molar-refractivity contribution >= 4 is 35.9 Å². The minimum atomic E-state index is -1.36. The molecule has 0 aromatic heterocycles. The number of urea groups is 4. The lowest BCUT2D eigenvalue weighted by molar-refractivity contribution is -0.825. The fourth-order valence-electron chi connectivity index (χ4n) is 2.28. The molecule has 2 aliphatic rings. The van der Waals surface area contributed by atoms with Crippen LogP contribution in [-0.4, -0.2) is 88.6 Å². The van der Waals surface area contributed by atoms with Gasteiger partial charge in [-0.25, -0.2) is 28.8 Å². The van der Waals surface area contributed by atoms with Crippen LogP contribution in [0.3, 0.4) is 0 Å². The average Bonchev–Trinajstić information content (AvgIpc) is 3.07. The Morgan fingerprint density at radius 3 is 1.44 bits per heavy atom. The first-order chi connectivity index (χ1) is 12.7. The smallest absolute Gasteiger partial charge is 0.345 e. The van der Waals surface area contributed by atoms with E-state index in [4.69, 9.17) is 0 Å². The topological polar surface area (TPSA) is 215 Å². The van der Waals surface area contributed by atoms with E-state index in [9.17, 15) is 39.0 Å². The lowest BCUT2D eigenvalue weighted by Crippen LogP contribution is -2.68. The van der Waals surface area contributed by atoms with Gasteiger partial charge in [0.15, 0.2) is 0 Å². The van der Waals surface area contributed by atoms with Crippen molar-refractivity contribution in [2.45, 2.75) is 0 Å². The molecule has 0 aromatic carbocycles. The quantitative estimate of drug-likeness (QED) is 0.125. The van der Waals surface area contributed by atoms with Crippen molar-refractivity contribution in [2.75, 3.05) is 33.2 Å². The molecule has 27 heavy (non-hydrogen) atoms. The van der Waals surface area contributed by atoms with Gasteiger partial charge in [-0.3, -0.25) is 10.6 Å². The molecule has 16 heteroatoms. The number of carbonyl (C=O) groups is 6. The minimum absolute atomic E-state index is 0.377. The highest BCUT2D eigenvalue weighted by molar-refractivity contribution is 5.94. The van der Waals surface area contributed by atoms with Crippen LogP contribution < -0.4 is 32.1 Å². The Labute approximate surface area is 150 Å². The number of hydrogen-bond acceptors (Lipinski definition) is 8. The predicted molar refractivity (Wildman–Crippen MR) is 79.7 cm³/mol. The standard InChI is InChI=1S/C11H16N8O8/c20-4-18(6(22)1-12-10(18)26)16-8(24)14-3-15-9(25)17-19(5-21)7(23)2-13-11(19)27/h20-21H,1-5H2,(H4-2,12,13,14,15,16,17,24,25,26,27)/p+2. The molecule has 0 spiro atoms. The van der Waals surface area contributed by atoms with Crippen molar-refractivity contribution in [2.24, 2.45) is 0 Å². The number of imide groups is 2. The summed E-state index contributed by atoms with van der Waals surface area (Å²) < 4.78 is -2.73. The number of hydrogen-bond donors (Lipinski definition) is 8. The van der Waals surface area contributed by atoms with Crippen LogP contribution in [-0.2, 0) is 9.59 Å². The second-order valence-corrected chi connectivity index (χ2v) is 5.42. The number of amides is 10. The summed E-state index contributed by atoms with van der Waals surface area (Å²) in [5.41, 5.74) is 3.93. The van der Waals surface area contributed by atoms with Gasteiger partial charge in [-0.15, -0.1) is 0 Å². The van der Waals surface area contributed by atoms with Gasteiger partial charge in [0.25, 0.3) is 0 Å². The Balaban J connectivity index is 1.85. The van der Waals surface area contributed by atoms with Crippen molar-refractivity contribution < 1.29 is 48.2 Å².